The van der Waals surface area contributed by atoms with Gasteiger partial charge in [-0.3, -0.25) is 4.79 Å². The summed E-state index contributed by atoms with van der Waals surface area (Å²) < 4.78 is 0. The lowest BCUT2D eigenvalue weighted by atomic mass is 10.1. The van der Waals surface area contributed by atoms with Crippen molar-refractivity contribution in [3.05, 3.63) is 28.3 Å². The first-order chi connectivity index (χ1) is 7.60. The average Bonchev–Trinajstić information content (AvgIpc) is 2.24. The Hall–Kier alpha value is -0.670. The summed E-state index contributed by atoms with van der Waals surface area (Å²) >= 11 is 7.68. The van der Waals surface area contributed by atoms with Gasteiger partial charge in [-0.05, 0) is 36.8 Å². The summed E-state index contributed by atoms with van der Waals surface area (Å²) in [4.78, 5) is 12.7. The number of hydrogen-bond donors (Lipinski definition) is 1. The van der Waals surface area contributed by atoms with E-state index in [1.807, 2.05) is 19.1 Å². The highest BCUT2D eigenvalue weighted by atomic mass is 35.5. The topological polar surface area (TPSA) is 29.1 Å². The van der Waals surface area contributed by atoms with Crippen LogP contribution in [-0.2, 0) is 0 Å². The number of benzene rings is 1. The van der Waals surface area contributed by atoms with Crippen molar-refractivity contribution < 1.29 is 4.79 Å². The zero-order valence-electron chi connectivity index (χ0n) is 9.76. The number of halogens is 1. The zero-order valence-corrected chi connectivity index (χ0v) is 11.3. The molecule has 1 aromatic rings. The van der Waals surface area contributed by atoms with Gasteiger partial charge in [0.2, 0.25) is 0 Å². The maximum absolute atomic E-state index is 11.8. The molecule has 0 spiro atoms. The van der Waals surface area contributed by atoms with E-state index in [1.54, 1.807) is 18.8 Å². The maximum Gasteiger partial charge on any atom is 0.252 e. The fraction of sp³-hybridized carbons (Fsp3) is 0.417. The second-order valence-corrected chi connectivity index (χ2v) is 5.10. The lowest BCUT2D eigenvalue weighted by molar-refractivity contribution is 0.0959. The Kier molecular flexibility index (Phi) is 5.16. The van der Waals surface area contributed by atoms with Gasteiger partial charge in [-0.15, -0.1) is 11.8 Å². The van der Waals surface area contributed by atoms with Crippen LogP contribution in [0, 0.1) is 6.92 Å². The van der Waals surface area contributed by atoms with Gasteiger partial charge in [-0.1, -0.05) is 18.5 Å². The minimum Gasteiger partial charge on any atom is -0.355 e. The largest absolute Gasteiger partial charge is 0.355 e. The first kappa shape index (κ1) is 13.4. The van der Waals surface area contributed by atoms with E-state index in [-0.39, 0.29) is 5.91 Å². The fourth-order valence-electron chi connectivity index (χ4n) is 1.45. The standard InChI is InChI=1S/C12H16ClNOS/c1-4-5-16-10-7-9(13)6-8(2)11(10)12(15)14-3/h6-7H,4-5H2,1-3H3,(H,14,15). The Labute approximate surface area is 106 Å². The Morgan fingerprint density at radius 3 is 2.75 bits per heavy atom. The van der Waals surface area contributed by atoms with E-state index < -0.39 is 0 Å². The summed E-state index contributed by atoms with van der Waals surface area (Å²) in [5, 5.41) is 3.35. The molecule has 0 heterocycles. The van der Waals surface area contributed by atoms with Crippen LogP contribution in [0.15, 0.2) is 17.0 Å². The third kappa shape index (κ3) is 3.16. The molecule has 16 heavy (non-hydrogen) atoms. The number of aryl methyl sites for hydroxylation is 1. The number of nitrogens with one attached hydrogen (secondary N) is 1. The molecule has 1 aromatic carbocycles. The second kappa shape index (κ2) is 6.16. The van der Waals surface area contributed by atoms with Gasteiger partial charge in [0.05, 0.1) is 5.56 Å². The highest BCUT2D eigenvalue weighted by Crippen LogP contribution is 2.29. The first-order valence-electron chi connectivity index (χ1n) is 5.25. The summed E-state index contributed by atoms with van der Waals surface area (Å²) in [7, 11) is 1.64. The van der Waals surface area contributed by atoms with Crippen molar-refractivity contribution in [2.24, 2.45) is 0 Å². The van der Waals surface area contributed by atoms with Crippen LogP contribution in [0.25, 0.3) is 0 Å². The predicted molar refractivity (Wildman–Crippen MR) is 70.6 cm³/mol. The minimum atomic E-state index is -0.0484. The van der Waals surface area contributed by atoms with Crippen molar-refractivity contribution in [2.75, 3.05) is 12.8 Å². The zero-order chi connectivity index (χ0) is 12.1. The third-order valence-electron chi connectivity index (χ3n) is 2.18. The van der Waals surface area contributed by atoms with Crippen molar-refractivity contribution in [1.29, 1.82) is 0 Å². The third-order valence-corrected chi connectivity index (χ3v) is 3.64. The Morgan fingerprint density at radius 2 is 2.19 bits per heavy atom. The van der Waals surface area contributed by atoms with Gasteiger partial charge >= 0.3 is 0 Å². The number of amides is 1. The number of rotatable bonds is 4. The molecule has 88 valence electrons. The molecule has 2 nitrogen and oxygen atoms in total. The summed E-state index contributed by atoms with van der Waals surface area (Å²) in [5.41, 5.74) is 1.66. The van der Waals surface area contributed by atoms with Gasteiger partial charge in [-0.2, -0.15) is 0 Å². The molecule has 1 N–H and O–H groups in total. The monoisotopic (exact) mass is 257 g/mol. The summed E-state index contributed by atoms with van der Waals surface area (Å²) in [6.45, 7) is 4.02. The van der Waals surface area contributed by atoms with E-state index in [2.05, 4.69) is 12.2 Å². The van der Waals surface area contributed by atoms with Gasteiger partial charge in [0.15, 0.2) is 0 Å². The molecule has 0 unspecified atom stereocenters. The van der Waals surface area contributed by atoms with Crippen molar-refractivity contribution in [3.8, 4) is 0 Å². The van der Waals surface area contributed by atoms with Crippen LogP contribution in [0.4, 0.5) is 0 Å². The minimum absolute atomic E-state index is 0.0484. The van der Waals surface area contributed by atoms with Gasteiger partial charge in [0.25, 0.3) is 5.91 Å². The van der Waals surface area contributed by atoms with E-state index in [4.69, 9.17) is 11.6 Å². The second-order valence-electron chi connectivity index (χ2n) is 3.52. The molecule has 0 atom stereocenters. The van der Waals surface area contributed by atoms with Crippen molar-refractivity contribution in [2.45, 2.75) is 25.2 Å². The number of carbonyl (C=O) groups is 1. The maximum atomic E-state index is 11.8. The van der Waals surface area contributed by atoms with Crippen LogP contribution in [0.5, 0.6) is 0 Å². The van der Waals surface area contributed by atoms with E-state index in [1.165, 1.54) is 0 Å². The highest BCUT2D eigenvalue weighted by molar-refractivity contribution is 7.99. The van der Waals surface area contributed by atoms with Crippen LogP contribution >= 0.6 is 23.4 Å². The highest BCUT2D eigenvalue weighted by Gasteiger charge is 2.14. The van der Waals surface area contributed by atoms with Crippen molar-refractivity contribution in [1.82, 2.24) is 5.32 Å². The molecule has 0 saturated heterocycles. The molecule has 0 saturated carbocycles. The average molecular weight is 258 g/mol. The smallest absolute Gasteiger partial charge is 0.252 e. The molecule has 0 aliphatic rings. The molecule has 1 rings (SSSR count). The van der Waals surface area contributed by atoms with Crippen molar-refractivity contribution >= 4 is 29.3 Å². The first-order valence-corrected chi connectivity index (χ1v) is 6.61. The van der Waals surface area contributed by atoms with E-state index in [9.17, 15) is 4.79 Å². The number of carbonyl (C=O) groups excluding carboxylic acids is 1. The Morgan fingerprint density at radius 1 is 1.50 bits per heavy atom. The van der Waals surface area contributed by atoms with E-state index in [0.29, 0.717) is 5.02 Å². The van der Waals surface area contributed by atoms with Crippen molar-refractivity contribution in [3.63, 3.8) is 0 Å². The quantitative estimate of drug-likeness (QED) is 0.837. The van der Waals surface area contributed by atoms with Gasteiger partial charge in [0, 0.05) is 17.0 Å². The SMILES string of the molecule is CCCSc1cc(Cl)cc(C)c1C(=O)NC. The molecule has 0 radical (unpaired) electrons. The molecule has 0 bridgehead atoms. The van der Waals surface area contributed by atoms with Crippen LogP contribution < -0.4 is 5.32 Å². The van der Waals surface area contributed by atoms with E-state index in [0.717, 1.165) is 28.2 Å². The lowest BCUT2D eigenvalue weighted by Gasteiger charge is -2.11. The molecular weight excluding hydrogens is 242 g/mol. The fourth-order valence-corrected chi connectivity index (χ4v) is 2.82. The summed E-state index contributed by atoms with van der Waals surface area (Å²) in [6, 6.07) is 3.68. The molecule has 4 heteroatoms. The normalized spacial score (nSPS) is 10.2. The lowest BCUT2D eigenvalue weighted by Crippen LogP contribution is -2.20. The van der Waals surface area contributed by atoms with Gasteiger partial charge < -0.3 is 5.32 Å². The Bertz CT molecular complexity index is 393. The predicted octanol–water partition coefficient (Wildman–Crippen LogP) is 3.51. The Balaban J connectivity index is 3.15. The molecule has 1 amide bonds. The number of hydrogen-bond acceptors (Lipinski definition) is 2. The van der Waals surface area contributed by atoms with Crippen LogP contribution in [0.1, 0.15) is 29.3 Å². The summed E-state index contributed by atoms with van der Waals surface area (Å²) in [6.07, 6.45) is 1.07. The molecular formula is C12H16ClNOS. The van der Waals surface area contributed by atoms with E-state index >= 15 is 0 Å². The molecule has 0 aliphatic carbocycles. The number of thioether (sulfide) groups is 1. The van der Waals surface area contributed by atoms with Crippen LogP contribution in [0.3, 0.4) is 0 Å². The van der Waals surface area contributed by atoms with Crippen LogP contribution in [0.2, 0.25) is 5.02 Å². The molecule has 0 aromatic heterocycles. The summed E-state index contributed by atoms with van der Waals surface area (Å²) in [5.74, 6) is 0.941. The van der Waals surface area contributed by atoms with Crippen LogP contribution in [-0.4, -0.2) is 18.7 Å². The molecule has 0 fully saturated rings. The molecule has 0 aliphatic heterocycles. The van der Waals surface area contributed by atoms with Gasteiger partial charge in [-0.25, -0.2) is 0 Å². The van der Waals surface area contributed by atoms with Gasteiger partial charge in [0.1, 0.15) is 0 Å².